The van der Waals surface area contributed by atoms with E-state index in [1.807, 2.05) is 0 Å². The van der Waals surface area contributed by atoms with E-state index in [1.165, 1.54) is 19.0 Å². The normalized spacial score (nSPS) is 22.7. The molecule has 1 aromatic heterocycles. The zero-order valence-corrected chi connectivity index (χ0v) is 20.4. The lowest BCUT2D eigenvalue weighted by Gasteiger charge is -2.47. The Kier molecular flexibility index (Phi) is 7.86. The van der Waals surface area contributed by atoms with Crippen molar-refractivity contribution in [1.82, 2.24) is 14.9 Å². The first-order valence-corrected chi connectivity index (χ1v) is 12.0. The molecule has 0 spiro atoms. The lowest BCUT2D eigenvalue weighted by molar-refractivity contribution is -0.122. The molecular weight excluding hydrogens is 467 g/mol. The molecule has 0 amide bonds. The fourth-order valence-corrected chi connectivity index (χ4v) is 5.23. The first-order chi connectivity index (χ1) is 17.3. The van der Waals surface area contributed by atoms with Gasteiger partial charge < -0.3 is 25.2 Å². The first kappa shape index (κ1) is 25.6. The zero-order valence-electron chi connectivity index (χ0n) is 20.4. The van der Waals surface area contributed by atoms with Crippen LogP contribution in [0.4, 0.5) is 21.8 Å². The summed E-state index contributed by atoms with van der Waals surface area (Å²) in [4.78, 5) is 19.4. The Balaban J connectivity index is 0.000000967. The van der Waals surface area contributed by atoms with Crippen molar-refractivity contribution in [2.24, 2.45) is 0 Å². The Labute approximate surface area is 209 Å². The van der Waals surface area contributed by atoms with Gasteiger partial charge in [0, 0.05) is 23.3 Å². The lowest BCUT2D eigenvalue weighted by atomic mass is 9.84. The van der Waals surface area contributed by atoms with E-state index in [-0.39, 0.29) is 35.9 Å². The second-order valence-corrected chi connectivity index (χ2v) is 9.80. The van der Waals surface area contributed by atoms with Gasteiger partial charge in [-0.25, -0.2) is 9.37 Å². The standard InChI is InChI=1S/C24H29FN6O2.CH2O2/c1-24(2)10-17(9-18-4-3-7-31(18)24)28-22-20(25)12-27-23(30-22)29-16-5-6-21(15(8-16)11-26)33-19-13-32-14-19;2-1-3/h5-6,8,12,17-19H,3-4,7,9-10,13-14H2,1-2H3,(H2,27,28,29,30);1H,(H,2,3)/t17-,18+;/m1./s1. The van der Waals surface area contributed by atoms with Gasteiger partial charge in [0.2, 0.25) is 5.95 Å². The number of aromatic nitrogens is 2. The van der Waals surface area contributed by atoms with E-state index in [1.54, 1.807) is 18.2 Å². The number of piperidine rings is 1. The van der Waals surface area contributed by atoms with Gasteiger partial charge in [0.1, 0.15) is 17.9 Å². The summed E-state index contributed by atoms with van der Waals surface area (Å²) in [5.74, 6) is 0.502. The minimum atomic E-state index is -0.476. The van der Waals surface area contributed by atoms with Crippen molar-refractivity contribution < 1.29 is 23.8 Å². The van der Waals surface area contributed by atoms with Crippen LogP contribution < -0.4 is 15.4 Å². The number of nitrogens with zero attached hydrogens (tertiary/aromatic N) is 4. The van der Waals surface area contributed by atoms with Crippen LogP contribution in [0, 0.1) is 17.1 Å². The van der Waals surface area contributed by atoms with E-state index >= 15 is 0 Å². The number of rotatable bonds is 6. The van der Waals surface area contributed by atoms with Gasteiger partial charge >= 0.3 is 0 Å². The molecule has 0 radical (unpaired) electrons. The Bertz CT molecular complexity index is 1120. The smallest absolute Gasteiger partial charge is 0.290 e. The molecule has 3 aliphatic heterocycles. The number of halogens is 1. The number of benzene rings is 1. The highest BCUT2D eigenvalue weighted by Gasteiger charge is 2.43. The van der Waals surface area contributed by atoms with Gasteiger partial charge in [0.25, 0.3) is 6.47 Å². The number of anilines is 3. The fourth-order valence-electron chi connectivity index (χ4n) is 5.23. The number of ether oxygens (including phenoxy) is 2. The number of carbonyl (C=O) groups is 1. The molecule has 2 aromatic rings. The molecule has 3 saturated heterocycles. The van der Waals surface area contributed by atoms with Gasteiger partial charge in [-0.15, -0.1) is 0 Å². The maximum absolute atomic E-state index is 14.6. The minimum absolute atomic E-state index is 0.0222. The summed E-state index contributed by atoms with van der Waals surface area (Å²) in [7, 11) is 0. The number of fused-ring (bicyclic) bond motifs is 1. The largest absolute Gasteiger partial charge is 0.484 e. The highest BCUT2D eigenvalue weighted by Crippen LogP contribution is 2.38. The van der Waals surface area contributed by atoms with E-state index < -0.39 is 5.82 Å². The third-order valence-electron chi connectivity index (χ3n) is 6.80. The van der Waals surface area contributed by atoms with E-state index in [0.29, 0.717) is 36.3 Å². The molecule has 0 unspecified atom stereocenters. The first-order valence-electron chi connectivity index (χ1n) is 12.0. The van der Waals surface area contributed by atoms with Crippen LogP contribution in [-0.4, -0.2) is 69.9 Å². The minimum Gasteiger partial charge on any atom is -0.484 e. The lowest BCUT2D eigenvalue weighted by Crippen LogP contribution is -2.55. The Hall–Kier alpha value is -3.49. The molecule has 0 saturated carbocycles. The molecular formula is C25H31FN6O4. The monoisotopic (exact) mass is 498 g/mol. The summed E-state index contributed by atoms with van der Waals surface area (Å²) < 4.78 is 25.4. The van der Waals surface area contributed by atoms with E-state index in [9.17, 15) is 9.65 Å². The number of nitriles is 1. The molecule has 5 rings (SSSR count). The van der Waals surface area contributed by atoms with Gasteiger partial charge in [-0.3, -0.25) is 9.69 Å². The van der Waals surface area contributed by atoms with Crippen LogP contribution in [0.15, 0.2) is 24.4 Å². The van der Waals surface area contributed by atoms with Crippen LogP contribution in [0.2, 0.25) is 0 Å². The van der Waals surface area contributed by atoms with Crippen molar-refractivity contribution >= 4 is 23.9 Å². The van der Waals surface area contributed by atoms with Crippen molar-refractivity contribution in [3.8, 4) is 11.8 Å². The fraction of sp³-hybridized carbons (Fsp3) is 0.520. The molecule has 2 atom stereocenters. The van der Waals surface area contributed by atoms with Gasteiger partial charge in [-0.1, -0.05) is 0 Å². The summed E-state index contributed by atoms with van der Waals surface area (Å²) in [5.41, 5.74) is 1.10. The Morgan fingerprint density at radius 3 is 2.86 bits per heavy atom. The highest BCUT2D eigenvalue weighted by atomic mass is 19.1. The van der Waals surface area contributed by atoms with Gasteiger partial charge in [0.05, 0.1) is 25.0 Å². The van der Waals surface area contributed by atoms with Gasteiger partial charge in [-0.2, -0.15) is 10.2 Å². The molecule has 0 aliphatic carbocycles. The van der Waals surface area contributed by atoms with Crippen LogP contribution in [0.5, 0.6) is 5.75 Å². The molecule has 36 heavy (non-hydrogen) atoms. The van der Waals surface area contributed by atoms with Crippen molar-refractivity contribution in [3.05, 3.63) is 35.8 Å². The number of hydrogen-bond acceptors (Lipinski definition) is 9. The summed E-state index contributed by atoms with van der Waals surface area (Å²) >= 11 is 0. The van der Waals surface area contributed by atoms with Gasteiger partial charge in [-0.05, 0) is 64.3 Å². The van der Waals surface area contributed by atoms with Crippen LogP contribution >= 0.6 is 0 Å². The summed E-state index contributed by atoms with van der Waals surface area (Å²) in [6.45, 7) is 6.48. The average molecular weight is 499 g/mol. The van der Waals surface area contributed by atoms with Crippen molar-refractivity contribution in [3.63, 3.8) is 0 Å². The molecule has 3 aliphatic rings. The molecule has 3 N–H and O–H groups in total. The number of nitrogens with one attached hydrogen (secondary N) is 2. The quantitative estimate of drug-likeness (QED) is 0.508. The maximum Gasteiger partial charge on any atom is 0.290 e. The summed E-state index contributed by atoms with van der Waals surface area (Å²) in [6.07, 6.45) is 5.47. The predicted octanol–water partition coefficient (Wildman–Crippen LogP) is 3.53. The number of hydrogen-bond donors (Lipinski definition) is 3. The van der Waals surface area contributed by atoms with Crippen LogP contribution in [0.25, 0.3) is 0 Å². The molecule has 10 nitrogen and oxygen atoms in total. The second-order valence-electron chi connectivity index (χ2n) is 9.80. The highest BCUT2D eigenvalue weighted by molar-refractivity contribution is 5.61. The zero-order chi connectivity index (χ0) is 25.7. The molecule has 0 bridgehead atoms. The third-order valence-corrected chi connectivity index (χ3v) is 6.80. The van der Waals surface area contributed by atoms with Gasteiger partial charge in [0.15, 0.2) is 11.6 Å². The SMILES string of the molecule is CC1(C)C[C@H](Nc2nc(Nc3ccc(OC4COC4)c(C#N)c3)ncc2F)C[C@@H]2CCCN21.O=CO. The molecule has 192 valence electrons. The molecule has 4 heterocycles. The van der Waals surface area contributed by atoms with E-state index in [0.717, 1.165) is 19.4 Å². The third kappa shape index (κ3) is 5.83. The second kappa shape index (κ2) is 11.1. The molecule has 1 aromatic carbocycles. The number of carboxylic acid groups (broad SMARTS) is 1. The molecule has 3 fully saturated rings. The maximum atomic E-state index is 14.6. The Morgan fingerprint density at radius 1 is 1.39 bits per heavy atom. The van der Waals surface area contributed by atoms with Crippen molar-refractivity contribution in [2.45, 2.75) is 63.3 Å². The van der Waals surface area contributed by atoms with E-state index in [2.05, 4.69) is 45.4 Å². The summed E-state index contributed by atoms with van der Waals surface area (Å²) in [6, 6.07) is 8.03. The van der Waals surface area contributed by atoms with E-state index in [4.69, 9.17) is 19.4 Å². The topological polar surface area (TPSA) is 133 Å². The summed E-state index contributed by atoms with van der Waals surface area (Å²) in [5, 5.41) is 22.8. The van der Waals surface area contributed by atoms with Crippen LogP contribution in [-0.2, 0) is 9.53 Å². The van der Waals surface area contributed by atoms with Crippen LogP contribution in [0.1, 0.15) is 45.1 Å². The average Bonchev–Trinajstić information content (AvgIpc) is 3.29. The van der Waals surface area contributed by atoms with Crippen molar-refractivity contribution in [2.75, 3.05) is 30.4 Å². The predicted molar refractivity (Wildman–Crippen MR) is 131 cm³/mol. The Morgan fingerprint density at radius 2 is 2.17 bits per heavy atom. The van der Waals surface area contributed by atoms with Crippen LogP contribution in [0.3, 0.4) is 0 Å². The molecule has 11 heteroatoms. The van der Waals surface area contributed by atoms with Crippen molar-refractivity contribution in [1.29, 1.82) is 5.26 Å².